The maximum Gasteiger partial charge on any atom is 0.261 e. The summed E-state index contributed by atoms with van der Waals surface area (Å²) in [6.45, 7) is 2.13. The fraction of sp³-hybridized carbons (Fsp3) is 0.136. The number of hydrogen-bond acceptors (Lipinski definition) is 6. The number of anilines is 2. The van der Waals surface area contributed by atoms with Crippen LogP contribution in [0.4, 0.5) is 11.4 Å². The van der Waals surface area contributed by atoms with Crippen molar-refractivity contribution < 1.29 is 22.7 Å². The van der Waals surface area contributed by atoms with Gasteiger partial charge >= 0.3 is 0 Å². The maximum atomic E-state index is 12.6. The molecule has 10 heteroatoms. The lowest BCUT2D eigenvalue weighted by atomic mass is 10.2. The molecule has 0 aliphatic carbocycles. The molecule has 2 amide bonds. The zero-order valence-electron chi connectivity index (χ0n) is 17.2. The minimum absolute atomic E-state index is 0.00254. The zero-order chi connectivity index (χ0) is 23.0. The monoisotopic (exact) mass is 454 g/mol. The molecule has 0 bridgehead atoms. The van der Waals surface area contributed by atoms with Gasteiger partial charge in [-0.1, -0.05) is 0 Å². The molecule has 0 aliphatic rings. The van der Waals surface area contributed by atoms with Crippen molar-refractivity contribution in [1.82, 2.24) is 10.3 Å². The summed E-state index contributed by atoms with van der Waals surface area (Å²) >= 11 is 0. The van der Waals surface area contributed by atoms with E-state index in [9.17, 15) is 18.0 Å². The van der Waals surface area contributed by atoms with Crippen molar-refractivity contribution in [2.75, 3.05) is 23.2 Å². The van der Waals surface area contributed by atoms with Crippen molar-refractivity contribution in [3.05, 3.63) is 78.6 Å². The van der Waals surface area contributed by atoms with E-state index in [-0.39, 0.29) is 17.0 Å². The van der Waals surface area contributed by atoms with Gasteiger partial charge in [-0.15, -0.1) is 0 Å². The number of amides is 2. The third-order valence-corrected chi connectivity index (χ3v) is 5.60. The highest BCUT2D eigenvalue weighted by Gasteiger charge is 2.16. The Morgan fingerprint density at radius 2 is 1.69 bits per heavy atom. The molecule has 32 heavy (non-hydrogen) atoms. The van der Waals surface area contributed by atoms with Gasteiger partial charge in [0.05, 0.1) is 29.9 Å². The van der Waals surface area contributed by atoms with Gasteiger partial charge in [-0.3, -0.25) is 19.3 Å². The molecule has 1 aromatic heterocycles. The van der Waals surface area contributed by atoms with Crippen molar-refractivity contribution in [3.8, 4) is 5.75 Å². The number of carbonyl (C=O) groups is 2. The molecule has 3 aromatic rings. The summed E-state index contributed by atoms with van der Waals surface area (Å²) in [5.74, 6) is -0.278. The van der Waals surface area contributed by atoms with Crippen molar-refractivity contribution in [2.45, 2.75) is 11.8 Å². The van der Waals surface area contributed by atoms with Crippen LogP contribution in [0.3, 0.4) is 0 Å². The van der Waals surface area contributed by atoms with E-state index in [1.54, 1.807) is 42.6 Å². The molecule has 0 spiro atoms. The molecule has 0 radical (unpaired) electrons. The average Bonchev–Trinajstić information content (AvgIpc) is 2.79. The zero-order valence-corrected chi connectivity index (χ0v) is 18.1. The van der Waals surface area contributed by atoms with Gasteiger partial charge in [-0.25, -0.2) is 8.42 Å². The number of hydrogen-bond donors (Lipinski definition) is 3. The highest BCUT2D eigenvalue weighted by Crippen LogP contribution is 2.20. The Morgan fingerprint density at radius 1 is 0.969 bits per heavy atom. The first-order valence-corrected chi connectivity index (χ1v) is 11.2. The summed E-state index contributed by atoms with van der Waals surface area (Å²) in [6.07, 6.45) is 3.06. The SMILES string of the molecule is CCOc1ccc(NS(=O)(=O)c2ccc(C(=O)NCC(=O)Nc3cccnc3)cc2)cc1. The van der Waals surface area contributed by atoms with E-state index in [0.717, 1.165) is 0 Å². The van der Waals surface area contributed by atoms with Gasteiger partial charge in [0, 0.05) is 17.4 Å². The molecule has 0 aliphatic heterocycles. The average molecular weight is 455 g/mol. The number of nitrogens with zero attached hydrogens (tertiary/aromatic N) is 1. The van der Waals surface area contributed by atoms with E-state index < -0.39 is 21.8 Å². The number of rotatable bonds is 9. The van der Waals surface area contributed by atoms with Crippen LogP contribution in [-0.2, 0) is 14.8 Å². The molecule has 3 rings (SSSR count). The quantitative estimate of drug-likeness (QED) is 0.456. The number of carbonyl (C=O) groups excluding carboxylic acids is 2. The minimum atomic E-state index is -3.83. The van der Waals surface area contributed by atoms with E-state index in [1.807, 2.05) is 6.92 Å². The van der Waals surface area contributed by atoms with Crippen LogP contribution in [0.1, 0.15) is 17.3 Å². The summed E-state index contributed by atoms with van der Waals surface area (Å²) in [5, 5.41) is 5.08. The largest absolute Gasteiger partial charge is 0.494 e. The maximum absolute atomic E-state index is 12.6. The summed E-state index contributed by atoms with van der Waals surface area (Å²) in [5.41, 5.74) is 1.12. The van der Waals surface area contributed by atoms with Crippen LogP contribution in [0.25, 0.3) is 0 Å². The van der Waals surface area contributed by atoms with Gasteiger partial charge < -0.3 is 15.4 Å². The Labute approximate surface area is 185 Å². The van der Waals surface area contributed by atoms with Gasteiger partial charge in [-0.05, 0) is 67.6 Å². The molecule has 0 atom stereocenters. The van der Waals surface area contributed by atoms with E-state index in [2.05, 4.69) is 20.3 Å². The number of nitrogens with one attached hydrogen (secondary N) is 3. The topological polar surface area (TPSA) is 126 Å². The third-order valence-electron chi connectivity index (χ3n) is 4.20. The number of benzene rings is 2. The van der Waals surface area contributed by atoms with Crippen LogP contribution in [0.2, 0.25) is 0 Å². The fourth-order valence-electron chi connectivity index (χ4n) is 2.69. The lowest BCUT2D eigenvalue weighted by Gasteiger charge is -2.10. The second kappa shape index (κ2) is 10.4. The highest BCUT2D eigenvalue weighted by molar-refractivity contribution is 7.92. The van der Waals surface area contributed by atoms with Crippen molar-refractivity contribution in [1.29, 1.82) is 0 Å². The lowest BCUT2D eigenvalue weighted by molar-refractivity contribution is -0.115. The predicted octanol–water partition coefficient (Wildman–Crippen LogP) is 2.65. The first-order chi connectivity index (χ1) is 15.4. The Bertz CT molecular complexity index is 1170. The van der Waals surface area contributed by atoms with Crippen LogP contribution in [0, 0.1) is 0 Å². The summed E-state index contributed by atoms with van der Waals surface area (Å²) in [7, 11) is -3.83. The molecular formula is C22H22N4O5S. The third kappa shape index (κ3) is 6.29. The van der Waals surface area contributed by atoms with Crippen LogP contribution < -0.4 is 20.1 Å². The Balaban J connectivity index is 1.57. The molecule has 9 nitrogen and oxygen atoms in total. The van der Waals surface area contributed by atoms with Gasteiger partial charge in [0.2, 0.25) is 5.91 Å². The van der Waals surface area contributed by atoms with Gasteiger partial charge in [0.15, 0.2) is 0 Å². The van der Waals surface area contributed by atoms with Crippen LogP contribution in [0.5, 0.6) is 5.75 Å². The molecule has 1 heterocycles. The lowest BCUT2D eigenvalue weighted by Crippen LogP contribution is -2.32. The van der Waals surface area contributed by atoms with E-state index in [4.69, 9.17) is 4.74 Å². The highest BCUT2D eigenvalue weighted by atomic mass is 32.2. The van der Waals surface area contributed by atoms with E-state index in [1.165, 1.54) is 30.5 Å². The van der Waals surface area contributed by atoms with Gasteiger partial charge in [0.25, 0.3) is 15.9 Å². The van der Waals surface area contributed by atoms with Crippen LogP contribution in [-0.4, -0.2) is 38.4 Å². The van der Waals surface area contributed by atoms with Gasteiger partial charge in [-0.2, -0.15) is 0 Å². The number of pyridine rings is 1. The second-order valence-electron chi connectivity index (χ2n) is 6.56. The smallest absolute Gasteiger partial charge is 0.261 e. The van der Waals surface area contributed by atoms with E-state index >= 15 is 0 Å². The standard InChI is InChI=1S/C22H22N4O5S/c1-2-31-19-9-7-17(8-10-19)26-32(29,30)20-11-5-16(6-12-20)22(28)24-15-21(27)25-18-4-3-13-23-14-18/h3-14,26H,2,15H2,1H3,(H,24,28)(H,25,27). The van der Waals surface area contributed by atoms with E-state index in [0.29, 0.717) is 23.7 Å². The van der Waals surface area contributed by atoms with Crippen molar-refractivity contribution >= 4 is 33.2 Å². The van der Waals surface area contributed by atoms with Gasteiger partial charge in [0.1, 0.15) is 5.75 Å². The van der Waals surface area contributed by atoms with Crippen molar-refractivity contribution in [3.63, 3.8) is 0 Å². The Hall–Kier alpha value is -3.92. The second-order valence-corrected chi connectivity index (χ2v) is 8.24. The molecule has 0 fully saturated rings. The molecule has 0 unspecified atom stereocenters. The number of aromatic nitrogens is 1. The first-order valence-electron chi connectivity index (χ1n) is 9.71. The molecule has 0 saturated heterocycles. The Kier molecular flexibility index (Phi) is 7.40. The molecule has 166 valence electrons. The molecule has 2 aromatic carbocycles. The first kappa shape index (κ1) is 22.8. The predicted molar refractivity (Wildman–Crippen MR) is 120 cm³/mol. The summed E-state index contributed by atoms with van der Waals surface area (Å²) < 4.78 is 33.0. The van der Waals surface area contributed by atoms with Crippen LogP contribution in [0.15, 0.2) is 78.0 Å². The number of sulfonamides is 1. The van der Waals surface area contributed by atoms with Crippen LogP contribution >= 0.6 is 0 Å². The molecule has 0 saturated carbocycles. The van der Waals surface area contributed by atoms with Crippen molar-refractivity contribution in [2.24, 2.45) is 0 Å². The minimum Gasteiger partial charge on any atom is -0.494 e. The molecule has 3 N–H and O–H groups in total. The molecular weight excluding hydrogens is 432 g/mol. The number of ether oxygens (including phenoxy) is 1. The Morgan fingerprint density at radius 3 is 2.31 bits per heavy atom. The normalized spacial score (nSPS) is 10.8. The summed E-state index contributed by atoms with van der Waals surface area (Å²) in [4.78, 5) is 28.1. The summed E-state index contributed by atoms with van der Waals surface area (Å²) in [6, 6.07) is 15.3. The fourth-order valence-corrected chi connectivity index (χ4v) is 3.75.